The Hall–Kier alpha value is -1.87. The fourth-order valence-electron chi connectivity index (χ4n) is 3.55. The Labute approximate surface area is 165 Å². The first-order chi connectivity index (χ1) is 12.9. The minimum absolute atomic E-state index is 0.127. The Morgan fingerprint density at radius 3 is 2.74 bits per heavy atom. The van der Waals surface area contributed by atoms with Crippen molar-refractivity contribution in [3.05, 3.63) is 20.8 Å². The zero-order chi connectivity index (χ0) is 20.0. The number of rotatable bonds is 7. The van der Waals surface area contributed by atoms with Crippen molar-refractivity contribution in [1.82, 2.24) is 14.9 Å². The maximum atomic E-state index is 12.6. The molecule has 1 aromatic heterocycles. The lowest BCUT2D eigenvalue weighted by Gasteiger charge is -2.34. The Bertz CT molecular complexity index is 760. The largest absolute Gasteiger partial charge is 0.383 e. The summed E-state index contributed by atoms with van der Waals surface area (Å²) >= 11 is 5.63. The Morgan fingerprint density at radius 1 is 1.41 bits per heavy atom. The fourth-order valence-corrected chi connectivity index (χ4v) is 3.88. The van der Waals surface area contributed by atoms with Crippen LogP contribution in [0.5, 0.6) is 0 Å². The maximum absolute atomic E-state index is 12.6. The van der Waals surface area contributed by atoms with E-state index in [2.05, 4.69) is 17.2 Å². The summed E-state index contributed by atoms with van der Waals surface area (Å²) in [5.74, 6) is 0.633. The summed E-state index contributed by atoms with van der Waals surface area (Å²) in [4.78, 5) is 28.7. The van der Waals surface area contributed by atoms with Crippen LogP contribution in [0.2, 0.25) is 0 Å². The number of H-pyrrole nitrogens is 1. The number of hydrogen-bond acceptors (Lipinski definition) is 5. The minimum Gasteiger partial charge on any atom is -0.383 e. The summed E-state index contributed by atoms with van der Waals surface area (Å²) in [7, 11) is 1.59. The molecule has 0 bridgehead atoms. The van der Waals surface area contributed by atoms with E-state index >= 15 is 0 Å². The highest BCUT2D eigenvalue weighted by Gasteiger charge is 2.26. The second kappa shape index (κ2) is 9.89. The van der Waals surface area contributed by atoms with E-state index in [1.807, 2.05) is 6.92 Å². The molecule has 1 aliphatic carbocycles. The van der Waals surface area contributed by atoms with Crippen molar-refractivity contribution < 1.29 is 4.74 Å². The topological polar surface area (TPSA) is 105 Å². The first kappa shape index (κ1) is 21.4. The summed E-state index contributed by atoms with van der Waals surface area (Å²) in [6.45, 7) is 5.30. The van der Waals surface area contributed by atoms with Gasteiger partial charge in [0.1, 0.15) is 5.82 Å². The highest BCUT2D eigenvalue weighted by Crippen LogP contribution is 2.24. The first-order valence-electron chi connectivity index (χ1n) is 9.60. The smallest absolute Gasteiger partial charge is 0.330 e. The molecule has 9 heteroatoms. The van der Waals surface area contributed by atoms with Crippen molar-refractivity contribution in [3.63, 3.8) is 0 Å². The fraction of sp³-hybridized carbons (Fsp3) is 0.722. The number of nitrogens with one attached hydrogen (secondary N) is 2. The van der Waals surface area contributed by atoms with Gasteiger partial charge in [-0.15, -0.1) is 0 Å². The van der Waals surface area contributed by atoms with Crippen molar-refractivity contribution in [3.8, 4) is 0 Å². The van der Waals surface area contributed by atoms with Crippen molar-refractivity contribution in [2.24, 2.45) is 5.92 Å². The predicted molar refractivity (Wildman–Crippen MR) is 112 cm³/mol. The molecule has 1 heterocycles. The van der Waals surface area contributed by atoms with E-state index in [0.29, 0.717) is 30.7 Å². The number of aromatic nitrogens is 2. The van der Waals surface area contributed by atoms with Gasteiger partial charge in [-0.1, -0.05) is 26.7 Å². The maximum Gasteiger partial charge on any atom is 0.330 e. The van der Waals surface area contributed by atoms with Crippen LogP contribution >= 0.6 is 12.2 Å². The molecule has 2 atom stereocenters. The zero-order valence-electron chi connectivity index (χ0n) is 16.4. The normalized spacial score (nSPS) is 19.7. The van der Waals surface area contributed by atoms with Gasteiger partial charge in [-0.2, -0.15) is 0 Å². The highest BCUT2D eigenvalue weighted by atomic mass is 32.1. The van der Waals surface area contributed by atoms with Crippen LogP contribution in [0.1, 0.15) is 46.0 Å². The molecule has 152 valence electrons. The van der Waals surface area contributed by atoms with Crippen molar-refractivity contribution in [2.75, 3.05) is 30.9 Å². The number of methoxy groups -OCH3 is 1. The molecular formula is C18H31N5O3S. The van der Waals surface area contributed by atoms with Crippen LogP contribution in [0.15, 0.2) is 9.59 Å². The van der Waals surface area contributed by atoms with E-state index in [1.165, 1.54) is 11.0 Å². The van der Waals surface area contributed by atoms with Gasteiger partial charge in [-0.3, -0.25) is 14.3 Å². The number of nitrogen functional groups attached to an aromatic ring is 1. The number of hydrogen-bond donors (Lipinski definition) is 3. The summed E-state index contributed by atoms with van der Waals surface area (Å²) in [6, 6.07) is 0.262. The van der Waals surface area contributed by atoms with Crippen molar-refractivity contribution >= 4 is 28.8 Å². The zero-order valence-corrected chi connectivity index (χ0v) is 17.2. The third-order valence-corrected chi connectivity index (χ3v) is 5.45. The van der Waals surface area contributed by atoms with Gasteiger partial charge in [0, 0.05) is 26.2 Å². The lowest BCUT2D eigenvalue weighted by atomic mass is 9.86. The molecule has 1 aliphatic rings. The van der Waals surface area contributed by atoms with E-state index < -0.39 is 11.2 Å². The Kier molecular flexibility index (Phi) is 7.85. The van der Waals surface area contributed by atoms with Gasteiger partial charge in [0.15, 0.2) is 10.8 Å². The minimum atomic E-state index is -0.540. The molecule has 0 aliphatic heterocycles. The second-order valence-corrected chi connectivity index (χ2v) is 7.49. The van der Waals surface area contributed by atoms with Crippen LogP contribution in [0.4, 0.5) is 11.5 Å². The summed E-state index contributed by atoms with van der Waals surface area (Å²) < 4.78 is 6.56. The number of ether oxygens (including phenoxy) is 1. The number of anilines is 2. The van der Waals surface area contributed by atoms with Crippen LogP contribution in [0.3, 0.4) is 0 Å². The van der Waals surface area contributed by atoms with Gasteiger partial charge in [-0.05, 0) is 37.4 Å². The third-order valence-electron chi connectivity index (χ3n) is 5.12. The molecule has 4 N–H and O–H groups in total. The molecule has 1 fully saturated rings. The van der Waals surface area contributed by atoms with Crippen LogP contribution in [0.25, 0.3) is 0 Å². The van der Waals surface area contributed by atoms with Gasteiger partial charge in [0.25, 0.3) is 5.56 Å². The Balaban J connectivity index is 2.38. The second-order valence-electron chi connectivity index (χ2n) is 7.11. The van der Waals surface area contributed by atoms with Gasteiger partial charge in [-0.25, -0.2) is 4.79 Å². The average molecular weight is 398 g/mol. The molecular weight excluding hydrogens is 366 g/mol. The van der Waals surface area contributed by atoms with E-state index in [0.717, 1.165) is 25.7 Å². The summed E-state index contributed by atoms with van der Waals surface area (Å²) in [5.41, 5.74) is 5.37. The van der Waals surface area contributed by atoms with Crippen molar-refractivity contribution in [2.45, 2.75) is 58.5 Å². The van der Waals surface area contributed by atoms with E-state index in [1.54, 1.807) is 12.0 Å². The molecule has 0 radical (unpaired) electrons. The molecule has 0 unspecified atom stereocenters. The quantitative estimate of drug-likeness (QED) is 0.598. The van der Waals surface area contributed by atoms with Crippen LogP contribution in [0, 0.1) is 5.92 Å². The van der Waals surface area contributed by atoms with Gasteiger partial charge in [0.05, 0.1) is 6.61 Å². The lowest BCUT2D eigenvalue weighted by molar-refractivity contribution is 0.207. The van der Waals surface area contributed by atoms with Crippen LogP contribution < -0.4 is 27.2 Å². The number of aromatic amines is 1. The Morgan fingerprint density at radius 2 is 2.11 bits per heavy atom. The SMILES string of the molecule is CCCn1c(N)c(N(CCOC)C(=S)N[C@@H]2CCCC[C@H]2C)c(=O)[nH]c1=O. The standard InChI is InChI=1S/C18H31N5O3S/c1-4-9-23-15(19)14(16(24)21-17(23)25)22(10-11-26-3)18(27)20-13-8-6-5-7-12(13)2/h12-13H,4-11,19H2,1-3H3,(H,20,27)(H,21,24,25)/t12-,13-/m1/s1. The van der Waals surface area contributed by atoms with E-state index in [4.69, 9.17) is 22.7 Å². The monoisotopic (exact) mass is 397 g/mol. The van der Waals surface area contributed by atoms with Crippen LogP contribution in [-0.2, 0) is 11.3 Å². The third kappa shape index (κ3) is 5.10. The number of nitrogens with zero attached hydrogens (tertiary/aromatic N) is 2. The van der Waals surface area contributed by atoms with Crippen LogP contribution in [-0.4, -0.2) is 41.0 Å². The molecule has 2 rings (SSSR count). The van der Waals surface area contributed by atoms with Crippen molar-refractivity contribution in [1.29, 1.82) is 0 Å². The van der Waals surface area contributed by atoms with Gasteiger partial charge >= 0.3 is 5.69 Å². The first-order valence-corrected chi connectivity index (χ1v) is 10.0. The molecule has 0 amide bonds. The molecule has 0 spiro atoms. The van der Waals surface area contributed by atoms with E-state index in [9.17, 15) is 9.59 Å². The average Bonchev–Trinajstić information content (AvgIpc) is 2.63. The number of thiocarbonyl (C=S) groups is 1. The highest BCUT2D eigenvalue weighted by molar-refractivity contribution is 7.80. The lowest BCUT2D eigenvalue weighted by Crippen LogP contribution is -2.51. The predicted octanol–water partition coefficient (Wildman–Crippen LogP) is 1.43. The van der Waals surface area contributed by atoms with Gasteiger partial charge < -0.3 is 20.7 Å². The van der Waals surface area contributed by atoms with E-state index in [-0.39, 0.29) is 17.5 Å². The number of nitrogens with two attached hydrogens (primary N) is 1. The summed E-state index contributed by atoms with van der Waals surface area (Å²) in [6.07, 6.45) is 5.31. The molecule has 0 aromatic carbocycles. The van der Waals surface area contributed by atoms with Gasteiger partial charge in [0.2, 0.25) is 0 Å². The molecule has 1 aromatic rings. The molecule has 0 saturated heterocycles. The summed E-state index contributed by atoms with van der Waals surface area (Å²) in [5, 5.41) is 3.84. The molecule has 27 heavy (non-hydrogen) atoms. The molecule has 1 saturated carbocycles. The molecule has 8 nitrogen and oxygen atoms in total.